The molecule has 0 aromatic carbocycles. The summed E-state index contributed by atoms with van der Waals surface area (Å²) in [6.07, 6.45) is 3.72. The number of rotatable bonds is 5. The first kappa shape index (κ1) is 13.1. The predicted molar refractivity (Wildman–Crippen MR) is 65.9 cm³/mol. The van der Waals surface area contributed by atoms with Crippen LogP contribution in [0.2, 0.25) is 0 Å². The molecule has 0 bridgehead atoms. The number of aliphatic hydroxyl groups is 1. The molecular weight excluding hydrogens is 200 g/mol. The van der Waals surface area contributed by atoms with E-state index >= 15 is 0 Å². The molecule has 0 radical (unpaired) electrons. The third-order valence-corrected chi connectivity index (χ3v) is 3.69. The molecule has 16 heavy (non-hydrogen) atoms. The summed E-state index contributed by atoms with van der Waals surface area (Å²) in [7, 11) is 0. The van der Waals surface area contributed by atoms with Crippen LogP contribution in [0.25, 0.3) is 0 Å². The lowest BCUT2D eigenvalue weighted by Crippen LogP contribution is -2.57. The lowest BCUT2D eigenvalue weighted by Gasteiger charge is -2.43. The van der Waals surface area contributed by atoms with E-state index in [1.54, 1.807) is 6.20 Å². The summed E-state index contributed by atoms with van der Waals surface area (Å²) in [6.45, 7) is 5.96. The van der Waals surface area contributed by atoms with Crippen molar-refractivity contribution in [3.8, 4) is 0 Å². The fraction of sp³-hybridized carbons (Fsp3) is 0.615. The van der Waals surface area contributed by atoms with Crippen LogP contribution in [0.1, 0.15) is 45.7 Å². The van der Waals surface area contributed by atoms with Gasteiger partial charge in [0.1, 0.15) is 5.60 Å². The van der Waals surface area contributed by atoms with E-state index in [9.17, 15) is 5.11 Å². The van der Waals surface area contributed by atoms with Gasteiger partial charge in [0.2, 0.25) is 0 Å². The van der Waals surface area contributed by atoms with Gasteiger partial charge in [0.25, 0.3) is 0 Å². The monoisotopic (exact) mass is 222 g/mol. The van der Waals surface area contributed by atoms with Crippen LogP contribution in [0.5, 0.6) is 0 Å². The minimum atomic E-state index is -1.04. The lowest BCUT2D eigenvalue weighted by atomic mass is 9.72. The second-order valence-corrected chi connectivity index (χ2v) is 4.29. The Hall–Kier alpha value is -0.930. The second-order valence-electron chi connectivity index (χ2n) is 4.29. The summed E-state index contributed by atoms with van der Waals surface area (Å²) in [4.78, 5) is 4.25. The Morgan fingerprint density at radius 1 is 1.19 bits per heavy atom. The van der Waals surface area contributed by atoms with E-state index in [0.29, 0.717) is 12.1 Å². The van der Waals surface area contributed by atoms with Crippen molar-refractivity contribution in [2.45, 2.75) is 51.2 Å². The number of pyridine rings is 1. The zero-order valence-electron chi connectivity index (χ0n) is 10.4. The average molecular weight is 222 g/mol. The van der Waals surface area contributed by atoms with Crippen molar-refractivity contribution in [3.05, 3.63) is 30.1 Å². The highest BCUT2D eigenvalue weighted by atomic mass is 16.3. The fourth-order valence-electron chi connectivity index (χ4n) is 2.23. The van der Waals surface area contributed by atoms with Gasteiger partial charge in [-0.15, -0.1) is 0 Å². The van der Waals surface area contributed by atoms with Crippen LogP contribution in [0.3, 0.4) is 0 Å². The van der Waals surface area contributed by atoms with E-state index < -0.39 is 11.1 Å². The smallest absolute Gasteiger partial charge is 0.124 e. The van der Waals surface area contributed by atoms with Crippen molar-refractivity contribution >= 4 is 0 Å². The zero-order chi connectivity index (χ0) is 12.2. The molecule has 1 aromatic heterocycles. The Balaban J connectivity index is 3.21. The zero-order valence-corrected chi connectivity index (χ0v) is 10.4. The number of aromatic nitrogens is 1. The predicted octanol–water partition coefficient (Wildman–Crippen LogP) is 2.20. The molecule has 1 heterocycles. The molecule has 1 aromatic rings. The summed E-state index contributed by atoms with van der Waals surface area (Å²) in [6, 6.07) is 5.57. The normalized spacial score (nSPS) is 15.8. The molecule has 0 amide bonds. The molecule has 3 heteroatoms. The minimum absolute atomic E-state index is 0.572. The van der Waals surface area contributed by atoms with Gasteiger partial charge in [0.05, 0.1) is 5.69 Å². The van der Waals surface area contributed by atoms with Crippen molar-refractivity contribution in [3.63, 3.8) is 0 Å². The van der Waals surface area contributed by atoms with Gasteiger partial charge in [0.15, 0.2) is 0 Å². The van der Waals surface area contributed by atoms with Crippen LogP contribution in [0.15, 0.2) is 24.4 Å². The summed E-state index contributed by atoms with van der Waals surface area (Å²) < 4.78 is 0. The van der Waals surface area contributed by atoms with Gasteiger partial charge < -0.3 is 10.8 Å². The Morgan fingerprint density at radius 3 is 2.19 bits per heavy atom. The quantitative estimate of drug-likeness (QED) is 0.803. The van der Waals surface area contributed by atoms with E-state index in [1.165, 1.54) is 0 Å². The topological polar surface area (TPSA) is 59.1 Å². The minimum Gasteiger partial charge on any atom is -0.382 e. The molecule has 0 aliphatic rings. The van der Waals surface area contributed by atoms with Gasteiger partial charge in [-0.25, -0.2) is 0 Å². The van der Waals surface area contributed by atoms with E-state index in [1.807, 2.05) is 39.0 Å². The van der Waals surface area contributed by atoms with Crippen molar-refractivity contribution < 1.29 is 5.11 Å². The van der Waals surface area contributed by atoms with Crippen molar-refractivity contribution in [2.75, 3.05) is 0 Å². The molecule has 1 unspecified atom stereocenters. The Labute approximate surface area is 97.7 Å². The molecule has 1 rings (SSSR count). The molecule has 0 saturated carbocycles. The SMILES string of the molecule is CCC(N)(CC)C(O)(CC)c1ccccn1. The molecule has 0 spiro atoms. The molecule has 0 aliphatic carbocycles. The molecule has 0 fully saturated rings. The van der Waals surface area contributed by atoms with Gasteiger partial charge in [-0.3, -0.25) is 4.98 Å². The van der Waals surface area contributed by atoms with Crippen LogP contribution in [0.4, 0.5) is 0 Å². The van der Waals surface area contributed by atoms with E-state index in [4.69, 9.17) is 5.73 Å². The standard InChI is InChI=1S/C13H22N2O/c1-4-12(14,5-2)13(16,6-3)11-9-7-8-10-15-11/h7-10,16H,4-6,14H2,1-3H3. The summed E-state index contributed by atoms with van der Waals surface area (Å²) in [5.74, 6) is 0. The van der Waals surface area contributed by atoms with E-state index in [0.717, 1.165) is 12.8 Å². The maximum absolute atomic E-state index is 10.8. The molecule has 3 N–H and O–H groups in total. The van der Waals surface area contributed by atoms with Crippen LogP contribution < -0.4 is 5.73 Å². The lowest BCUT2D eigenvalue weighted by molar-refractivity contribution is -0.0531. The van der Waals surface area contributed by atoms with Crippen LogP contribution in [0, 0.1) is 0 Å². The first-order valence-electron chi connectivity index (χ1n) is 5.96. The molecule has 0 aliphatic heterocycles. The number of hydrogen-bond donors (Lipinski definition) is 2. The molecule has 3 nitrogen and oxygen atoms in total. The van der Waals surface area contributed by atoms with Gasteiger partial charge in [-0.2, -0.15) is 0 Å². The van der Waals surface area contributed by atoms with Crippen LogP contribution in [-0.2, 0) is 5.60 Å². The maximum Gasteiger partial charge on any atom is 0.124 e. The highest BCUT2D eigenvalue weighted by Gasteiger charge is 2.46. The van der Waals surface area contributed by atoms with Crippen molar-refractivity contribution in [1.82, 2.24) is 4.98 Å². The molecular formula is C13H22N2O. The van der Waals surface area contributed by atoms with Crippen molar-refractivity contribution in [2.24, 2.45) is 5.73 Å². The van der Waals surface area contributed by atoms with E-state index in [-0.39, 0.29) is 0 Å². The molecule has 90 valence electrons. The highest BCUT2D eigenvalue weighted by Crippen LogP contribution is 2.37. The average Bonchev–Trinajstić information content (AvgIpc) is 2.37. The Morgan fingerprint density at radius 2 is 1.81 bits per heavy atom. The summed E-state index contributed by atoms with van der Waals surface area (Å²) in [5.41, 5.74) is 5.34. The summed E-state index contributed by atoms with van der Waals surface area (Å²) in [5, 5.41) is 10.8. The fourth-order valence-corrected chi connectivity index (χ4v) is 2.23. The largest absolute Gasteiger partial charge is 0.382 e. The molecule has 0 saturated heterocycles. The number of nitrogens with two attached hydrogens (primary N) is 1. The third kappa shape index (κ3) is 1.97. The highest BCUT2D eigenvalue weighted by molar-refractivity contribution is 5.20. The van der Waals surface area contributed by atoms with E-state index in [2.05, 4.69) is 4.98 Å². The van der Waals surface area contributed by atoms with Crippen LogP contribution >= 0.6 is 0 Å². The summed E-state index contributed by atoms with van der Waals surface area (Å²) >= 11 is 0. The van der Waals surface area contributed by atoms with Crippen LogP contribution in [-0.4, -0.2) is 15.6 Å². The van der Waals surface area contributed by atoms with Gasteiger partial charge in [-0.1, -0.05) is 26.8 Å². The third-order valence-electron chi connectivity index (χ3n) is 3.69. The first-order valence-corrected chi connectivity index (χ1v) is 5.96. The number of nitrogens with zero attached hydrogens (tertiary/aromatic N) is 1. The van der Waals surface area contributed by atoms with Gasteiger partial charge in [-0.05, 0) is 31.4 Å². The Bertz CT molecular complexity index is 322. The number of hydrogen-bond acceptors (Lipinski definition) is 3. The Kier molecular flexibility index (Phi) is 4.05. The van der Waals surface area contributed by atoms with Crippen molar-refractivity contribution in [1.29, 1.82) is 0 Å². The molecule has 1 atom stereocenters. The first-order chi connectivity index (χ1) is 7.54. The van der Waals surface area contributed by atoms with Gasteiger partial charge in [0, 0.05) is 11.7 Å². The second kappa shape index (κ2) is 4.93. The maximum atomic E-state index is 10.8. The van der Waals surface area contributed by atoms with Gasteiger partial charge >= 0.3 is 0 Å².